The molecule has 0 bridgehead atoms. The maximum Gasteiger partial charge on any atom is 0.119 e. The molecule has 18 rings (SSSR count). The van der Waals surface area contributed by atoms with E-state index in [2.05, 4.69) is 258 Å². The average Bonchev–Trinajstić information content (AvgIpc) is 1.57. The van der Waals surface area contributed by atoms with Gasteiger partial charge in [0.2, 0.25) is 0 Å². The molecule has 4 N–H and O–H groups in total. The van der Waals surface area contributed by atoms with E-state index in [1.807, 2.05) is 70.2 Å². The van der Waals surface area contributed by atoms with Gasteiger partial charge in [-0.3, -0.25) is 0 Å². The van der Waals surface area contributed by atoms with Crippen LogP contribution in [0.4, 0.5) is 0 Å². The molecule has 0 heterocycles. The van der Waals surface area contributed by atoms with Crippen LogP contribution >= 0.6 is 0 Å². The van der Waals surface area contributed by atoms with Crippen LogP contribution in [0.2, 0.25) is 0 Å². The molecule has 0 saturated heterocycles. The summed E-state index contributed by atoms with van der Waals surface area (Å²) in [5.74, 6) is 1.13. The largest absolute Gasteiger partial charge is 0.508 e. The highest BCUT2D eigenvalue weighted by Gasteiger charge is 2.47. The van der Waals surface area contributed by atoms with Crippen molar-refractivity contribution in [1.82, 2.24) is 0 Å². The molecule has 0 atom stereocenters. The van der Waals surface area contributed by atoms with E-state index in [0.717, 1.165) is 48.7 Å². The van der Waals surface area contributed by atoms with Gasteiger partial charge in [-0.2, -0.15) is 0 Å². The smallest absolute Gasteiger partial charge is 0.119 e. The van der Waals surface area contributed by atoms with Crippen molar-refractivity contribution in [2.75, 3.05) is 0 Å². The van der Waals surface area contributed by atoms with Gasteiger partial charge in [0.05, 0.1) is 10.8 Å². The lowest BCUT2D eigenvalue weighted by Crippen LogP contribution is -2.28. The Hall–Kier alpha value is -11.2. The molecule has 0 radical (unpaired) electrons. The van der Waals surface area contributed by atoms with E-state index in [1.54, 1.807) is 18.2 Å². The molecule has 0 fully saturated rings. The minimum Gasteiger partial charge on any atom is -0.508 e. The second-order valence-corrected chi connectivity index (χ2v) is 25.1. The Labute approximate surface area is 570 Å². The first-order valence-electron chi connectivity index (χ1n) is 34.5. The number of benzene rings is 16. The molecule has 4 nitrogen and oxygen atoms in total. The fourth-order valence-corrected chi connectivity index (χ4v) is 15.4. The molecule has 0 amide bonds. The maximum atomic E-state index is 11.5. The summed E-state index contributed by atoms with van der Waals surface area (Å²) in [6, 6.07) is 102. The second-order valence-electron chi connectivity index (χ2n) is 25.1. The first-order valence-corrected chi connectivity index (χ1v) is 34.5. The number of phenols is 4. The zero-order valence-corrected chi connectivity index (χ0v) is 56.6. The Morgan fingerprint density at radius 3 is 0.969 bits per heavy atom. The van der Waals surface area contributed by atoms with Crippen molar-refractivity contribution in [2.24, 2.45) is 0 Å². The fourth-order valence-electron chi connectivity index (χ4n) is 15.4. The van der Waals surface area contributed by atoms with E-state index in [0.29, 0.717) is 12.2 Å². The molecule has 2 aliphatic rings. The van der Waals surface area contributed by atoms with Crippen LogP contribution in [-0.4, -0.2) is 20.4 Å². The molecule has 2 aliphatic carbocycles. The third-order valence-electron chi connectivity index (χ3n) is 19.2. The minimum absolute atomic E-state index is 0.266. The summed E-state index contributed by atoms with van der Waals surface area (Å²) < 4.78 is 0. The summed E-state index contributed by atoms with van der Waals surface area (Å²) in [5.41, 5.74) is 15.8. The van der Waals surface area contributed by atoms with E-state index in [4.69, 9.17) is 0 Å². The number of phenolic OH excluding ortho intramolecular Hbond substituents is 4. The van der Waals surface area contributed by atoms with Crippen LogP contribution in [0.5, 0.6) is 23.0 Å². The third kappa shape index (κ3) is 11.0. The summed E-state index contributed by atoms with van der Waals surface area (Å²) in [5, 5.41) is 57.7. The number of hydrogen-bond donors (Lipinski definition) is 4. The molecule has 16 aromatic carbocycles. The van der Waals surface area contributed by atoms with Gasteiger partial charge in [-0.25, -0.2) is 0 Å². The predicted molar refractivity (Wildman–Crippen MR) is 412 cm³/mol. The molecule has 0 saturated carbocycles. The third-order valence-corrected chi connectivity index (χ3v) is 19.2. The van der Waals surface area contributed by atoms with Crippen molar-refractivity contribution in [3.63, 3.8) is 0 Å². The Bertz CT molecular complexity index is 5360. The fraction of sp³-hybridized carbons (Fsp3) is 0.140. The van der Waals surface area contributed by atoms with Crippen LogP contribution in [0.1, 0.15) is 124 Å². The van der Waals surface area contributed by atoms with E-state index >= 15 is 0 Å². The first kappa shape index (κ1) is 64.5. The number of aromatic hydroxyl groups is 4. The Morgan fingerprint density at radius 2 is 0.557 bits per heavy atom. The summed E-state index contributed by atoms with van der Waals surface area (Å²) >= 11 is 0. The lowest BCUT2D eigenvalue weighted by atomic mass is 9.67. The molecule has 0 aromatic heterocycles. The van der Waals surface area contributed by atoms with Crippen LogP contribution in [0.15, 0.2) is 291 Å². The van der Waals surface area contributed by atoms with E-state index < -0.39 is 10.8 Å². The van der Waals surface area contributed by atoms with Gasteiger partial charge in [-0.05, 0) is 214 Å². The van der Waals surface area contributed by atoms with Crippen LogP contribution < -0.4 is 0 Å². The molecular formula is C93H82O4. The first-order chi connectivity index (χ1) is 47.5. The molecular weight excluding hydrogens is 1180 g/mol. The summed E-state index contributed by atoms with van der Waals surface area (Å²) in [6.07, 6.45) is 3.12. The van der Waals surface area contributed by atoms with Crippen molar-refractivity contribution < 1.29 is 20.4 Å². The number of hydrogen-bond acceptors (Lipinski definition) is 4. The van der Waals surface area contributed by atoms with Crippen LogP contribution in [-0.2, 0) is 17.3 Å². The number of rotatable bonds is 6. The summed E-state index contributed by atoms with van der Waals surface area (Å²) in [4.78, 5) is 0. The molecule has 4 heteroatoms. The molecule has 97 heavy (non-hydrogen) atoms. The van der Waals surface area contributed by atoms with Gasteiger partial charge >= 0.3 is 0 Å². The van der Waals surface area contributed by atoms with Crippen molar-refractivity contribution in [3.8, 4) is 45.3 Å². The number of fused-ring (bicyclic) bond motifs is 10. The second kappa shape index (κ2) is 27.3. The van der Waals surface area contributed by atoms with Gasteiger partial charge in [0.25, 0.3) is 0 Å². The molecule has 0 aliphatic heterocycles. The highest BCUT2D eigenvalue weighted by molar-refractivity contribution is 6.23. The monoisotopic (exact) mass is 1260 g/mol. The van der Waals surface area contributed by atoms with Crippen molar-refractivity contribution in [3.05, 3.63) is 347 Å². The van der Waals surface area contributed by atoms with Gasteiger partial charge in [0.1, 0.15) is 23.0 Å². The summed E-state index contributed by atoms with van der Waals surface area (Å²) in [7, 11) is 0. The van der Waals surface area contributed by atoms with Crippen LogP contribution in [0.25, 0.3) is 97.7 Å². The van der Waals surface area contributed by atoms with Gasteiger partial charge in [0.15, 0.2) is 0 Å². The standard InChI is InChI=1S/C50H32O2.C33H22O2.2C3H8.2C2H6/c51-39-22-17-33-26-37(20-16-34(33)28-39)50(45-10-3-1-8-42(45)43-9-2-4-11-46(43)50)38-21-24-40-35(27-38)19-25-47(52)44(40)29-36-15-14-32-13-12-30-6-5-7-31-18-23-41(36)49(32)48(30)31;34-27-15-11-21-17-25(13-9-23(21)19-27)33(26-14-10-24-20-28(35)16-12-22(24)18-26)31-7-3-1-5-29(31)30-6-2-4-8-32(30)33;2*1-3-2;2*1-2/h1-28,51-52H,29H2;1-20,34-35H;2*3H2,1-2H3;2*1-2H3. The van der Waals surface area contributed by atoms with Crippen molar-refractivity contribution in [1.29, 1.82) is 0 Å². The van der Waals surface area contributed by atoms with E-state index in [-0.39, 0.29) is 17.2 Å². The van der Waals surface area contributed by atoms with Crippen LogP contribution in [0.3, 0.4) is 0 Å². The molecule has 0 spiro atoms. The van der Waals surface area contributed by atoms with E-state index in [1.165, 1.54) is 117 Å². The lowest BCUT2D eigenvalue weighted by Gasteiger charge is -2.34. The average molecular weight is 1260 g/mol. The van der Waals surface area contributed by atoms with Crippen molar-refractivity contribution in [2.45, 2.75) is 85.5 Å². The zero-order valence-electron chi connectivity index (χ0n) is 56.6. The Kier molecular flexibility index (Phi) is 18.1. The highest BCUT2D eigenvalue weighted by atomic mass is 16.3. The van der Waals surface area contributed by atoms with Gasteiger partial charge in [-0.15, -0.1) is 0 Å². The summed E-state index contributed by atoms with van der Waals surface area (Å²) in [6.45, 7) is 16.5. The maximum absolute atomic E-state index is 11.5. The van der Waals surface area contributed by atoms with Gasteiger partial charge in [-0.1, -0.05) is 293 Å². The van der Waals surface area contributed by atoms with E-state index in [9.17, 15) is 20.4 Å². The predicted octanol–water partition coefficient (Wildman–Crippen LogP) is 24.9. The van der Waals surface area contributed by atoms with Crippen LogP contribution in [0, 0.1) is 0 Å². The van der Waals surface area contributed by atoms with Crippen molar-refractivity contribution >= 4 is 75.4 Å². The normalized spacial score (nSPS) is 12.6. The minimum atomic E-state index is -0.572. The Morgan fingerprint density at radius 1 is 0.258 bits per heavy atom. The molecule has 16 aromatic rings. The molecule has 478 valence electrons. The Balaban J connectivity index is 0.000000164. The zero-order chi connectivity index (χ0) is 67.5. The lowest BCUT2D eigenvalue weighted by molar-refractivity contribution is 0.470. The quantitative estimate of drug-likeness (QED) is 0.125. The topological polar surface area (TPSA) is 80.9 Å². The van der Waals surface area contributed by atoms with Gasteiger partial charge in [0, 0.05) is 12.0 Å². The highest BCUT2D eigenvalue weighted by Crippen LogP contribution is 2.59. The van der Waals surface area contributed by atoms with Gasteiger partial charge < -0.3 is 20.4 Å². The SMILES string of the molecule is CC.CC.CCC.CCC.Oc1ccc2cc(C3(c4ccc5c(Cc6ccc7ccc8cccc9ccc6c7c89)c(O)ccc5c4)c4ccccc4-c4ccccc43)ccc2c1.Oc1ccc2cc(C3(c4ccc5cc(O)ccc5c4)c4ccccc4-c4ccccc43)ccc2c1. The molecule has 0 unspecified atom stereocenters.